The molecule has 1 atom stereocenters. The summed E-state index contributed by atoms with van der Waals surface area (Å²) in [6, 6.07) is 6.22. The van der Waals surface area contributed by atoms with Gasteiger partial charge in [0.25, 0.3) is 0 Å². The van der Waals surface area contributed by atoms with Gasteiger partial charge in [-0.25, -0.2) is 0 Å². The second kappa shape index (κ2) is 4.89. The molecule has 19 heavy (non-hydrogen) atoms. The maximum absolute atomic E-state index is 10.6. The van der Waals surface area contributed by atoms with Gasteiger partial charge in [-0.2, -0.15) is 5.26 Å². The number of phenolic OH excluding ortho intramolecular Hbond substituents is 1. The van der Waals surface area contributed by atoms with Crippen molar-refractivity contribution >= 4 is 0 Å². The number of phenols is 1. The first-order chi connectivity index (χ1) is 8.48. The second-order valence-electron chi connectivity index (χ2n) is 7.32. The summed E-state index contributed by atoms with van der Waals surface area (Å²) < 4.78 is 0. The first-order valence-electron chi connectivity index (χ1n) is 6.76. The first-order valence-corrected chi connectivity index (χ1v) is 6.76. The Bertz CT molecular complexity index is 475. The predicted octanol–water partition coefficient (Wildman–Crippen LogP) is 4.61. The Balaban J connectivity index is 3.63. The summed E-state index contributed by atoms with van der Waals surface area (Å²) in [4.78, 5) is 0. The van der Waals surface area contributed by atoms with Gasteiger partial charge in [-0.15, -0.1) is 0 Å². The minimum Gasteiger partial charge on any atom is -0.507 e. The number of benzene rings is 1. The molecule has 1 N–H and O–H groups in total. The molecule has 0 spiro atoms. The molecule has 104 valence electrons. The minimum atomic E-state index is -0.164. The molecule has 2 nitrogen and oxygen atoms in total. The molecule has 0 bridgehead atoms. The molecule has 0 radical (unpaired) electrons. The van der Waals surface area contributed by atoms with Gasteiger partial charge in [0.05, 0.1) is 12.0 Å². The third-order valence-corrected chi connectivity index (χ3v) is 3.44. The number of nitrogens with zero attached hydrogens (tertiary/aromatic N) is 1. The molecule has 0 fully saturated rings. The lowest BCUT2D eigenvalue weighted by Gasteiger charge is -2.28. The van der Waals surface area contributed by atoms with Crippen LogP contribution in [-0.4, -0.2) is 5.11 Å². The first kappa shape index (κ1) is 15.6. The summed E-state index contributed by atoms with van der Waals surface area (Å²) in [6.07, 6.45) is 0. The molecule has 0 aliphatic rings. The van der Waals surface area contributed by atoms with Gasteiger partial charge in [-0.05, 0) is 34.4 Å². The van der Waals surface area contributed by atoms with E-state index in [4.69, 9.17) is 5.26 Å². The van der Waals surface area contributed by atoms with Crippen molar-refractivity contribution in [3.05, 3.63) is 28.8 Å². The van der Waals surface area contributed by atoms with Crippen LogP contribution in [0.5, 0.6) is 5.75 Å². The Hall–Kier alpha value is -1.49. The average molecular weight is 259 g/mol. The highest BCUT2D eigenvalue weighted by Crippen LogP contribution is 2.40. The molecule has 0 aliphatic carbocycles. The van der Waals surface area contributed by atoms with Gasteiger partial charge in [0.1, 0.15) is 5.75 Å². The lowest BCUT2D eigenvalue weighted by molar-refractivity contribution is 0.422. The molecular formula is C17H25NO. The second-order valence-corrected chi connectivity index (χ2v) is 7.32. The quantitative estimate of drug-likeness (QED) is 0.800. The van der Waals surface area contributed by atoms with E-state index < -0.39 is 0 Å². The standard InChI is InChI=1S/C17H25NO/c1-11(10-18)12-8-13(16(2,3)4)15(19)14(9-12)17(5,6)7/h8-9,11,19H,1-7H3. The fourth-order valence-electron chi connectivity index (χ4n) is 2.12. The van der Waals surface area contributed by atoms with E-state index in [1.807, 2.05) is 19.1 Å². The van der Waals surface area contributed by atoms with Crippen molar-refractivity contribution in [2.75, 3.05) is 0 Å². The SMILES string of the molecule is CC(C#N)c1cc(C(C)(C)C)c(O)c(C(C)(C)C)c1. The number of hydrogen-bond donors (Lipinski definition) is 1. The topological polar surface area (TPSA) is 44.0 Å². The highest BCUT2D eigenvalue weighted by atomic mass is 16.3. The van der Waals surface area contributed by atoms with E-state index in [0.717, 1.165) is 16.7 Å². The summed E-state index contributed by atoms with van der Waals surface area (Å²) >= 11 is 0. The summed E-state index contributed by atoms with van der Waals surface area (Å²) in [6.45, 7) is 14.4. The van der Waals surface area contributed by atoms with Gasteiger partial charge < -0.3 is 5.11 Å². The predicted molar refractivity (Wildman–Crippen MR) is 79.5 cm³/mol. The van der Waals surface area contributed by atoms with E-state index in [-0.39, 0.29) is 16.7 Å². The van der Waals surface area contributed by atoms with Crippen molar-refractivity contribution in [1.82, 2.24) is 0 Å². The summed E-state index contributed by atoms with van der Waals surface area (Å²) in [7, 11) is 0. The van der Waals surface area contributed by atoms with Crippen LogP contribution < -0.4 is 0 Å². The number of aromatic hydroxyl groups is 1. The molecule has 0 amide bonds. The monoisotopic (exact) mass is 259 g/mol. The van der Waals surface area contributed by atoms with Crippen LogP contribution in [0, 0.1) is 11.3 Å². The highest BCUT2D eigenvalue weighted by molar-refractivity contribution is 5.51. The molecule has 1 rings (SSSR count). The van der Waals surface area contributed by atoms with Crippen molar-refractivity contribution in [3.8, 4) is 11.8 Å². The van der Waals surface area contributed by atoms with Gasteiger partial charge in [0, 0.05) is 0 Å². The third-order valence-electron chi connectivity index (χ3n) is 3.44. The minimum absolute atomic E-state index is 0.144. The van der Waals surface area contributed by atoms with Gasteiger partial charge in [-0.1, -0.05) is 53.7 Å². The lowest BCUT2D eigenvalue weighted by Crippen LogP contribution is -2.18. The molecule has 0 heterocycles. The van der Waals surface area contributed by atoms with E-state index in [0.29, 0.717) is 5.75 Å². The molecule has 0 aromatic heterocycles. The third kappa shape index (κ3) is 3.29. The van der Waals surface area contributed by atoms with Crippen LogP contribution in [0.4, 0.5) is 0 Å². The van der Waals surface area contributed by atoms with Crippen molar-refractivity contribution < 1.29 is 5.11 Å². The smallest absolute Gasteiger partial charge is 0.123 e. The van der Waals surface area contributed by atoms with Crippen LogP contribution in [0.25, 0.3) is 0 Å². The lowest BCUT2D eigenvalue weighted by atomic mass is 9.77. The Kier molecular flexibility index (Phi) is 4.00. The van der Waals surface area contributed by atoms with E-state index in [1.54, 1.807) is 0 Å². The molecule has 0 saturated carbocycles. The van der Waals surface area contributed by atoms with Gasteiger partial charge >= 0.3 is 0 Å². The van der Waals surface area contributed by atoms with Gasteiger partial charge in [-0.3, -0.25) is 0 Å². The Morgan fingerprint density at radius 1 is 1.00 bits per heavy atom. The molecule has 1 aromatic carbocycles. The van der Waals surface area contributed by atoms with Crippen molar-refractivity contribution in [3.63, 3.8) is 0 Å². The molecule has 2 heteroatoms. The molecule has 1 aromatic rings. The van der Waals surface area contributed by atoms with E-state index in [2.05, 4.69) is 47.6 Å². The number of hydrogen-bond acceptors (Lipinski definition) is 2. The van der Waals surface area contributed by atoms with Crippen LogP contribution in [0.15, 0.2) is 12.1 Å². The zero-order valence-corrected chi connectivity index (χ0v) is 13.1. The Morgan fingerprint density at radius 2 is 1.37 bits per heavy atom. The Morgan fingerprint density at radius 3 is 1.63 bits per heavy atom. The largest absolute Gasteiger partial charge is 0.507 e. The molecule has 0 saturated heterocycles. The van der Waals surface area contributed by atoms with Gasteiger partial charge in [0.15, 0.2) is 0 Å². The van der Waals surface area contributed by atoms with E-state index >= 15 is 0 Å². The molecular weight excluding hydrogens is 234 g/mol. The van der Waals surface area contributed by atoms with Crippen molar-refractivity contribution in [2.24, 2.45) is 0 Å². The van der Waals surface area contributed by atoms with Crippen LogP contribution in [0.1, 0.15) is 71.1 Å². The zero-order valence-electron chi connectivity index (χ0n) is 13.1. The fraction of sp³-hybridized carbons (Fsp3) is 0.588. The van der Waals surface area contributed by atoms with E-state index in [1.165, 1.54) is 0 Å². The fourth-order valence-corrected chi connectivity index (χ4v) is 2.12. The molecule has 0 aliphatic heterocycles. The normalized spacial score (nSPS) is 14.0. The van der Waals surface area contributed by atoms with Gasteiger partial charge in [0.2, 0.25) is 0 Å². The van der Waals surface area contributed by atoms with Crippen LogP contribution in [-0.2, 0) is 10.8 Å². The maximum atomic E-state index is 10.6. The zero-order chi connectivity index (χ0) is 15.0. The highest BCUT2D eigenvalue weighted by Gasteiger charge is 2.27. The van der Waals surface area contributed by atoms with Crippen molar-refractivity contribution in [1.29, 1.82) is 5.26 Å². The summed E-state index contributed by atoms with van der Waals surface area (Å²) in [5, 5.41) is 19.7. The van der Waals surface area contributed by atoms with Crippen LogP contribution in [0.3, 0.4) is 0 Å². The maximum Gasteiger partial charge on any atom is 0.123 e. The summed E-state index contributed by atoms with van der Waals surface area (Å²) in [5.74, 6) is 0.205. The van der Waals surface area contributed by atoms with Crippen LogP contribution in [0.2, 0.25) is 0 Å². The molecule has 1 unspecified atom stereocenters. The summed E-state index contributed by atoms with van der Waals surface area (Å²) in [5.41, 5.74) is 2.52. The Labute approximate surface area is 117 Å². The average Bonchev–Trinajstić information content (AvgIpc) is 2.25. The van der Waals surface area contributed by atoms with E-state index in [9.17, 15) is 5.11 Å². The number of nitriles is 1. The van der Waals surface area contributed by atoms with Crippen molar-refractivity contribution in [2.45, 2.75) is 65.2 Å². The van der Waals surface area contributed by atoms with Crippen LogP contribution >= 0.6 is 0 Å². The number of rotatable bonds is 1.